The molecule has 0 spiro atoms. The number of benzene rings is 1. The molecule has 0 saturated heterocycles. The smallest absolute Gasteiger partial charge is 0.407 e. The van der Waals surface area contributed by atoms with Crippen molar-refractivity contribution in [2.45, 2.75) is 64.1 Å². The van der Waals surface area contributed by atoms with Crippen LogP contribution in [-0.2, 0) is 4.74 Å². The van der Waals surface area contributed by atoms with Gasteiger partial charge < -0.3 is 15.4 Å². The van der Waals surface area contributed by atoms with Gasteiger partial charge in [-0.25, -0.2) is 4.79 Å². The topological polar surface area (TPSA) is 50.4 Å². The van der Waals surface area contributed by atoms with Crippen molar-refractivity contribution in [2.75, 3.05) is 5.32 Å². The summed E-state index contributed by atoms with van der Waals surface area (Å²) in [5, 5.41) is 7.57. The molecule has 1 aliphatic rings. The molecule has 1 saturated carbocycles. The average molecular weight is 438 g/mol. The van der Waals surface area contributed by atoms with E-state index < -0.39 is 5.60 Å². The molecule has 134 valence electrons. The van der Waals surface area contributed by atoms with Gasteiger partial charge in [0.25, 0.3) is 0 Å². The zero-order valence-electron chi connectivity index (χ0n) is 14.1. The van der Waals surface area contributed by atoms with Gasteiger partial charge in [-0.05, 0) is 58.6 Å². The third-order valence-electron chi connectivity index (χ3n) is 3.80. The average Bonchev–Trinajstić information content (AvgIpc) is 2.42. The molecule has 1 aromatic carbocycles. The summed E-state index contributed by atoms with van der Waals surface area (Å²) in [6, 6.07) is 4.09. The van der Waals surface area contributed by atoms with Gasteiger partial charge in [-0.3, -0.25) is 0 Å². The molecule has 1 aromatic rings. The number of rotatable bonds is 3. The zero-order chi connectivity index (χ0) is 17.9. The first kappa shape index (κ1) is 19.7. The summed E-state index contributed by atoms with van der Waals surface area (Å²) >= 11 is 15.9. The highest BCUT2D eigenvalue weighted by molar-refractivity contribution is 9.10. The highest BCUT2D eigenvalue weighted by Crippen LogP contribution is 2.35. The molecule has 2 rings (SSSR count). The van der Waals surface area contributed by atoms with E-state index in [2.05, 4.69) is 26.6 Å². The summed E-state index contributed by atoms with van der Waals surface area (Å²) < 4.78 is 6.16. The fourth-order valence-corrected chi connectivity index (χ4v) is 4.06. The van der Waals surface area contributed by atoms with Gasteiger partial charge in [0.05, 0.1) is 15.7 Å². The highest BCUT2D eigenvalue weighted by atomic mass is 79.9. The first-order valence-electron chi connectivity index (χ1n) is 8.04. The quantitative estimate of drug-likeness (QED) is 0.609. The summed E-state index contributed by atoms with van der Waals surface area (Å²) in [6.45, 7) is 5.58. The van der Waals surface area contributed by atoms with E-state index in [0.717, 1.165) is 35.8 Å². The molecule has 7 heteroatoms. The molecule has 0 unspecified atom stereocenters. The number of alkyl carbamates (subject to hydrolysis) is 1. The minimum atomic E-state index is -0.474. The predicted molar refractivity (Wildman–Crippen MR) is 103 cm³/mol. The molecule has 1 aliphatic carbocycles. The molecule has 1 fully saturated rings. The SMILES string of the molecule is CC(C)(C)OC(=O)NC1CCC(Nc2c(Cl)cc(Br)cc2Cl)CC1. The zero-order valence-corrected chi connectivity index (χ0v) is 17.2. The maximum Gasteiger partial charge on any atom is 0.407 e. The third-order valence-corrected chi connectivity index (χ3v) is 4.86. The minimum Gasteiger partial charge on any atom is -0.444 e. The van der Waals surface area contributed by atoms with Crippen molar-refractivity contribution in [2.24, 2.45) is 0 Å². The van der Waals surface area contributed by atoms with Crippen LogP contribution in [0, 0.1) is 0 Å². The molecule has 0 radical (unpaired) electrons. The lowest BCUT2D eigenvalue weighted by Gasteiger charge is -2.31. The Hall–Kier alpha value is -0.650. The molecule has 2 N–H and O–H groups in total. The van der Waals surface area contributed by atoms with Crippen LogP contribution in [0.2, 0.25) is 10.0 Å². The Morgan fingerprint density at radius 1 is 1.12 bits per heavy atom. The highest BCUT2D eigenvalue weighted by Gasteiger charge is 2.25. The van der Waals surface area contributed by atoms with E-state index in [1.165, 1.54) is 0 Å². The number of hydrogen-bond acceptors (Lipinski definition) is 3. The second-order valence-electron chi connectivity index (χ2n) is 7.08. The number of anilines is 1. The maximum atomic E-state index is 11.8. The number of carbonyl (C=O) groups is 1. The van der Waals surface area contributed by atoms with Crippen LogP contribution in [-0.4, -0.2) is 23.8 Å². The van der Waals surface area contributed by atoms with Gasteiger partial charge in [0.2, 0.25) is 0 Å². The van der Waals surface area contributed by atoms with Gasteiger partial charge in [0.1, 0.15) is 5.60 Å². The van der Waals surface area contributed by atoms with Crippen molar-refractivity contribution in [3.05, 3.63) is 26.7 Å². The standard InChI is InChI=1S/C17H23BrCl2N2O2/c1-17(2,3)24-16(23)22-12-6-4-11(5-7-12)21-15-13(19)8-10(18)9-14(15)20/h8-9,11-12,21H,4-7H2,1-3H3,(H,22,23). The number of carbonyl (C=O) groups excluding carboxylic acids is 1. The lowest BCUT2D eigenvalue weighted by molar-refractivity contribution is 0.0492. The Bertz CT molecular complexity index is 574. The Kier molecular flexibility index (Phi) is 6.68. The van der Waals surface area contributed by atoms with Gasteiger partial charge in [-0.15, -0.1) is 0 Å². The fraction of sp³-hybridized carbons (Fsp3) is 0.588. The predicted octanol–water partition coefficient (Wildman–Crippen LogP) is 6.00. The first-order chi connectivity index (χ1) is 11.1. The molecular weight excluding hydrogens is 415 g/mol. The van der Waals surface area contributed by atoms with E-state index in [0.29, 0.717) is 10.0 Å². The van der Waals surface area contributed by atoms with Crippen LogP contribution >= 0.6 is 39.1 Å². The van der Waals surface area contributed by atoms with Crippen LogP contribution in [0.4, 0.5) is 10.5 Å². The normalized spacial score (nSPS) is 21.2. The number of nitrogens with one attached hydrogen (secondary N) is 2. The molecule has 4 nitrogen and oxygen atoms in total. The van der Waals surface area contributed by atoms with Crippen molar-refractivity contribution in [3.8, 4) is 0 Å². The number of amides is 1. The molecule has 0 bridgehead atoms. The lowest BCUT2D eigenvalue weighted by Crippen LogP contribution is -2.42. The second-order valence-corrected chi connectivity index (χ2v) is 8.81. The molecule has 0 aromatic heterocycles. The second kappa shape index (κ2) is 8.15. The molecule has 0 aliphatic heterocycles. The third kappa shape index (κ3) is 6.01. The van der Waals surface area contributed by atoms with Gasteiger partial charge in [0.15, 0.2) is 0 Å². The van der Waals surface area contributed by atoms with Crippen molar-refractivity contribution in [1.82, 2.24) is 5.32 Å². The number of hydrogen-bond donors (Lipinski definition) is 2. The number of ether oxygens (including phenoxy) is 1. The van der Waals surface area contributed by atoms with Gasteiger partial charge in [-0.2, -0.15) is 0 Å². The van der Waals surface area contributed by atoms with Crippen molar-refractivity contribution >= 4 is 50.9 Å². The van der Waals surface area contributed by atoms with Crippen LogP contribution in [0.15, 0.2) is 16.6 Å². The Labute approximate surface area is 161 Å². The largest absolute Gasteiger partial charge is 0.444 e. The summed E-state index contributed by atoms with van der Waals surface area (Å²) in [5.41, 5.74) is 0.294. The van der Waals surface area contributed by atoms with Gasteiger partial charge >= 0.3 is 6.09 Å². The summed E-state index contributed by atoms with van der Waals surface area (Å²) in [5.74, 6) is 0. The van der Waals surface area contributed by atoms with Crippen LogP contribution < -0.4 is 10.6 Å². The number of halogens is 3. The van der Waals surface area contributed by atoms with Crippen molar-refractivity contribution in [3.63, 3.8) is 0 Å². The van der Waals surface area contributed by atoms with Crippen LogP contribution in [0.3, 0.4) is 0 Å². The molecule has 1 amide bonds. The summed E-state index contributed by atoms with van der Waals surface area (Å²) in [7, 11) is 0. The van der Waals surface area contributed by atoms with Crippen molar-refractivity contribution in [1.29, 1.82) is 0 Å². The van der Waals surface area contributed by atoms with E-state index in [1.807, 2.05) is 32.9 Å². The van der Waals surface area contributed by atoms with E-state index in [1.54, 1.807) is 0 Å². The van der Waals surface area contributed by atoms with E-state index >= 15 is 0 Å². The minimum absolute atomic E-state index is 0.147. The van der Waals surface area contributed by atoms with Gasteiger partial charge in [0, 0.05) is 16.6 Å². The monoisotopic (exact) mass is 436 g/mol. The molecular formula is C17H23BrCl2N2O2. The van der Waals surface area contributed by atoms with Crippen LogP contribution in [0.1, 0.15) is 46.5 Å². The van der Waals surface area contributed by atoms with Crippen molar-refractivity contribution < 1.29 is 9.53 Å². The first-order valence-corrected chi connectivity index (χ1v) is 9.59. The summed E-state index contributed by atoms with van der Waals surface area (Å²) in [4.78, 5) is 11.8. The fourth-order valence-electron chi connectivity index (χ4n) is 2.74. The Balaban J connectivity index is 1.84. The molecule has 24 heavy (non-hydrogen) atoms. The molecule has 0 atom stereocenters. The Morgan fingerprint density at radius 3 is 2.12 bits per heavy atom. The van der Waals surface area contributed by atoms with E-state index in [-0.39, 0.29) is 18.2 Å². The van der Waals surface area contributed by atoms with E-state index in [4.69, 9.17) is 27.9 Å². The lowest BCUT2D eigenvalue weighted by atomic mass is 9.91. The molecule has 0 heterocycles. The Morgan fingerprint density at radius 2 is 1.62 bits per heavy atom. The van der Waals surface area contributed by atoms with Crippen LogP contribution in [0.5, 0.6) is 0 Å². The summed E-state index contributed by atoms with van der Waals surface area (Å²) in [6.07, 6.45) is 3.30. The van der Waals surface area contributed by atoms with Crippen LogP contribution in [0.25, 0.3) is 0 Å². The maximum absolute atomic E-state index is 11.8. The van der Waals surface area contributed by atoms with Gasteiger partial charge in [-0.1, -0.05) is 39.1 Å². The van der Waals surface area contributed by atoms with E-state index in [9.17, 15) is 4.79 Å².